The molecule has 0 atom stereocenters. The molecule has 1 aliphatic rings. The summed E-state index contributed by atoms with van der Waals surface area (Å²) in [5.41, 5.74) is 2.34. The highest BCUT2D eigenvalue weighted by molar-refractivity contribution is 5.78. The fraction of sp³-hybridized carbons (Fsp3) is 0.444. The van der Waals surface area contributed by atoms with Crippen molar-refractivity contribution in [2.75, 3.05) is 13.7 Å². The van der Waals surface area contributed by atoms with E-state index in [1.54, 1.807) is 7.11 Å². The van der Waals surface area contributed by atoms with Crippen LogP contribution in [0, 0.1) is 0 Å². The monoisotopic (exact) mass is 167 g/mol. The second kappa shape index (κ2) is 4.72. The average molecular weight is 167 g/mol. The zero-order valence-electron chi connectivity index (χ0n) is 7.16. The van der Waals surface area contributed by atoms with Crippen molar-refractivity contribution in [2.24, 2.45) is 5.16 Å². The van der Waals surface area contributed by atoms with E-state index in [9.17, 15) is 0 Å². The molecular formula is C9H13NO2. The fourth-order valence-corrected chi connectivity index (χ4v) is 1.17. The van der Waals surface area contributed by atoms with Gasteiger partial charge in [-0.15, -0.1) is 0 Å². The number of hydrogen-bond acceptors (Lipinski definition) is 3. The van der Waals surface area contributed by atoms with Crippen LogP contribution in [-0.2, 0) is 4.74 Å². The number of rotatable bonds is 3. The van der Waals surface area contributed by atoms with Crippen molar-refractivity contribution in [3.05, 3.63) is 23.3 Å². The second-order valence-electron chi connectivity index (χ2n) is 2.73. The molecule has 1 N–H and O–H groups in total. The highest BCUT2D eigenvalue weighted by Gasteiger charge is 2.02. The van der Waals surface area contributed by atoms with Crippen LogP contribution in [0.15, 0.2) is 28.5 Å². The van der Waals surface area contributed by atoms with Gasteiger partial charge in [0.15, 0.2) is 0 Å². The molecule has 0 aromatic rings. The molecule has 1 rings (SSSR count). The van der Waals surface area contributed by atoms with E-state index in [4.69, 9.17) is 9.94 Å². The maximum atomic E-state index is 8.27. The zero-order valence-corrected chi connectivity index (χ0v) is 7.16. The minimum Gasteiger partial charge on any atom is -0.411 e. The Balaban J connectivity index is 2.43. The summed E-state index contributed by atoms with van der Waals surface area (Å²) >= 11 is 0. The van der Waals surface area contributed by atoms with Crippen LogP contribution in [-0.4, -0.2) is 25.1 Å². The Morgan fingerprint density at radius 1 is 1.58 bits per heavy atom. The summed E-state index contributed by atoms with van der Waals surface area (Å²) < 4.78 is 5.00. The van der Waals surface area contributed by atoms with Crippen LogP contribution in [0.5, 0.6) is 0 Å². The molecular weight excluding hydrogens is 154 g/mol. The fourth-order valence-electron chi connectivity index (χ4n) is 1.17. The lowest BCUT2D eigenvalue weighted by atomic mass is 10.0. The van der Waals surface area contributed by atoms with Gasteiger partial charge >= 0.3 is 0 Å². The topological polar surface area (TPSA) is 41.8 Å². The van der Waals surface area contributed by atoms with Crippen molar-refractivity contribution >= 4 is 6.21 Å². The molecule has 0 fully saturated rings. The second-order valence-corrected chi connectivity index (χ2v) is 2.73. The Labute approximate surface area is 72.0 Å². The Hall–Kier alpha value is -1.09. The van der Waals surface area contributed by atoms with Gasteiger partial charge in [0.25, 0.3) is 0 Å². The van der Waals surface area contributed by atoms with Crippen molar-refractivity contribution in [2.45, 2.75) is 12.8 Å². The van der Waals surface area contributed by atoms with E-state index < -0.39 is 0 Å². The quantitative estimate of drug-likeness (QED) is 0.301. The number of methoxy groups -OCH3 is 1. The smallest absolute Gasteiger partial charge is 0.0693 e. The molecule has 0 aromatic carbocycles. The van der Waals surface area contributed by atoms with Gasteiger partial charge in [0.05, 0.1) is 12.8 Å². The summed E-state index contributed by atoms with van der Waals surface area (Å²) in [6.45, 7) is 0.694. The third-order valence-corrected chi connectivity index (χ3v) is 1.81. The number of oxime groups is 1. The molecule has 0 unspecified atom stereocenters. The summed E-state index contributed by atoms with van der Waals surface area (Å²) in [6, 6.07) is 0. The predicted molar refractivity (Wildman–Crippen MR) is 47.6 cm³/mol. The van der Waals surface area contributed by atoms with E-state index in [1.165, 1.54) is 11.8 Å². The van der Waals surface area contributed by atoms with Gasteiger partial charge in [-0.05, 0) is 24.0 Å². The SMILES string of the molecule is COCC1=CCC(/C=N/O)=CC1. The third-order valence-electron chi connectivity index (χ3n) is 1.81. The van der Waals surface area contributed by atoms with Gasteiger partial charge in [-0.2, -0.15) is 0 Å². The first-order valence-corrected chi connectivity index (χ1v) is 3.90. The lowest BCUT2D eigenvalue weighted by molar-refractivity contribution is 0.224. The first-order valence-electron chi connectivity index (χ1n) is 3.90. The third kappa shape index (κ3) is 2.51. The van der Waals surface area contributed by atoms with Gasteiger partial charge in [-0.25, -0.2) is 0 Å². The van der Waals surface area contributed by atoms with Gasteiger partial charge in [0.2, 0.25) is 0 Å². The highest BCUT2D eigenvalue weighted by Crippen LogP contribution is 2.15. The van der Waals surface area contributed by atoms with Crippen LogP contribution in [0.1, 0.15) is 12.8 Å². The standard InChI is InChI=1S/C9H13NO2/c1-12-7-9-4-2-8(3-5-9)6-10-11/h2,5-6,11H,3-4,7H2,1H3/b10-6+. The maximum absolute atomic E-state index is 8.27. The molecule has 0 bridgehead atoms. The summed E-state index contributed by atoms with van der Waals surface area (Å²) in [4.78, 5) is 0. The Morgan fingerprint density at radius 2 is 2.42 bits per heavy atom. The van der Waals surface area contributed by atoms with Crippen LogP contribution in [0.4, 0.5) is 0 Å². The van der Waals surface area contributed by atoms with Gasteiger partial charge in [0, 0.05) is 7.11 Å². The van der Waals surface area contributed by atoms with Crippen LogP contribution in [0.25, 0.3) is 0 Å². The van der Waals surface area contributed by atoms with Crippen LogP contribution >= 0.6 is 0 Å². The number of ether oxygens (including phenoxy) is 1. The molecule has 0 saturated heterocycles. The van der Waals surface area contributed by atoms with Crippen LogP contribution < -0.4 is 0 Å². The molecule has 12 heavy (non-hydrogen) atoms. The minimum atomic E-state index is 0.694. The van der Waals surface area contributed by atoms with E-state index >= 15 is 0 Å². The van der Waals surface area contributed by atoms with Crippen molar-refractivity contribution in [1.29, 1.82) is 0 Å². The van der Waals surface area contributed by atoms with Crippen molar-refractivity contribution < 1.29 is 9.94 Å². The predicted octanol–water partition coefficient (Wildman–Crippen LogP) is 1.74. The molecule has 0 spiro atoms. The normalized spacial score (nSPS) is 17.8. The van der Waals surface area contributed by atoms with E-state index in [1.807, 2.05) is 6.08 Å². The Kier molecular flexibility index (Phi) is 3.54. The summed E-state index contributed by atoms with van der Waals surface area (Å²) in [5, 5.41) is 11.2. The van der Waals surface area contributed by atoms with Gasteiger partial charge in [-0.3, -0.25) is 0 Å². The number of hydrogen-bond donors (Lipinski definition) is 1. The summed E-state index contributed by atoms with van der Waals surface area (Å²) in [5.74, 6) is 0. The molecule has 0 amide bonds. The zero-order chi connectivity index (χ0) is 8.81. The average Bonchev–Trinajstić information content (AvgIpc) is 2.09. The molecule has 3 heteroatoms. The number of nitrogens with zero attached hydrogens (tertiary/aromatic N) is 1. The first-order chi connectivity index (χ1) is 5.86. The molecule has 0 aromatic heterocycles. The van der Waals surface area contributed by atoms with E-state index in [-0.39, 0.29) is 0 Å². The first kappa shape index (κ1) is 9.00. The van der Waals surface area contributed by atoms with Gasteiger partial charge < -0.3 is 9.94 Å². The van der Waals surface area contributed by atoms with E-state index in [0.717, 1.165) is 18.4 Å². The maximum Gasteiger partial charge on any atom is 0.0693 e. The molecule has 0 heterocycles. The van der Waals surface area contributed by atoms with Gasteiger partial charge in [0.1, 0.15) is 0 Å². The van der Waals surface area contributed by atoms with Crippen molar-refractivity contribution in [3.63, 3.8) is 0 Å². The van der Waals surface area contributed by atoms with Crippen LogP contribution in [0.3, 0.4) is 0 Å². The minimum absolute atomic E-state index is 0.694. The number of allylic oxidation sites excluding steroid dienone is 3. The molecule has 1 aliphatic carbocycles. The molecule has 66 valence electrons. The van der Waals surface area contributed by atoms with Crippen molar-refractivity contribution in [1.82, 2.24) is 0 Å². The summed E-state index contributed by atoms with van der Waals surface area (Å²) in [7, 11) is 1.69. The van der Waals surface area contributed by atoms with Crippen molar-refractivity contribution in [3.8, 4) is 0 Å². The molecule has 3 nitrogen and oxygen atoms in total. The lowest BCUT2D eigenvalue weighted by Crippen LogP contribution is -1.99. The molecule has 0 radical (unpaired) electrons. The van der Waals surface area contributed by atoms with E-state index in [2.05, 4.69) is 11.2 Å². The Morgan fingerprint density at radius 3 is 2.92 bits per heavy atom. The lowest BCUT2D eigenvalue weighted by Gasteiger charge is -2.09. The molecule has 0 saturated carbocycles. The Bertz CT molecular complexity index is 229. The van der Waals surface area contributed by atoms with Gasteiger partial charge in [-0.1, -0.05) is 17.3 Å². The van der Waals surface area contributed by atoms with E-state index in [0.29, 0.717) is 6.61 Å². The summed E-state index contributed by atoms with van der Waals surface area (Å²) in [6.07, 6.45) is 7.37. The largest absolute Gasteiger partial charge is 0.411 e. The highest BCUT2D eigenvalue weighted by atomic mass is 16.5. The van der Waals surface area contributed by atoms with Crippen LogP contribution in [0.2, 0.25) is 0 Å². The molecule has 0 aliphatic heterocycles.